The molecule has 138 valence electrons. The van der Waals surface area contributed by atoms with Crippen LogP contribution in [0.3, 0.4) is 0 Å². The van der Waals surface area contributed by atoms with Gasteiger partial charge >= 0.3 is 0 Å². The van der Waals surface area contributed by atoms with E-state index < -0.39 is 0 Å². The molecule has 6 heteroatoms. The molecule has 0 unspecified atom stereocenters. The molecule has 2 heterocycles. The van der Waals surface area contributed by atoms with Crippen LogP contribution in [0.5, 0.6) is 0 Å². The van der Waals surface area contributed by atoms with Crippen LogP contribution in [0.1, 0.15) is 10.4 Å². The van der Waals surface area contributed by atoms with Crippen molar-refractivity contribution in [3.05, 3.63) is 94.0 Å². The van der Waals surface area contributed by atoms with Crippen LogP contribution in [0.2, 0.25) is 10.0 Å². The molecule has 0 atom stereocenters. The van der Waals surface area contributed by atoms with E-state index in [1.54, 1.807) is 35.6 Å². The fourth-order valence-corrected chi connectivity index (χ4v) is 3.87. The SMILES string of the molecule is O=C(C[n+]1cccc(-c2nc(-c3ccc(Cl)cc3)cs2)c1)c1ccc(Cl)cc1. The average Bonchev–Trinajstić information content (AvgIpc) is 3.19. The van der Waals surface area contributed by atoms with Gasteiger partial charge in [-0.1, -0.05) is 35.3 Å². The molecule has 0 saturated carbocycles. The number of carbonyl (C=O) groups is 1. The van der Waals surface area contributed by atoms with E-state index in [-0.39, 0.29) is 12.3 Å². The molecule has 3 nitrogen and oxygen atoms in total. The summed E-state index contributed by atoms with van der Waals surface area (Å²) < 4.78 is 1.87. The summed E-state index contributed by atoms with van der Waals surface area (Å²) in [7, 11) is 0. The molecule has 0 fully saturated rings. The standard InChI is InChI=1S/C22H15Cl2N2OS/c23-18-7-3-15(4-8-18)20-14-28-22(25-20)17-2-1-11-26(12-17)13-21(27)16-5-9-19(24)10-6-16/h1-12,14H,13H2/q+1. The van der Waals surface area contributed by atoms with E-state index in [2.05, 4.69) is 0 Å². The highest BCUT2D eigenvalue weighted by molar-refractivity contribution is 7.13. The molecule has 0 amide bonds. The van der Waals surface area contributed by atoms with E-state index in [0.717, 1.165) is 21.8 Å². The molecule has 4 aromatic rings. The van der Waals surface area contributed by atoms with Crippen molar-refractivity contribution in [2.75, 3.05) is 0 Å². The number of hydrogen-bond acceptors (Lipinski definition) is 3. The van der Waals surface area contributed by atoms with E-state index in [1.807, 2.05) is 58.7 Å². The third kappa shape index (κ3) is 4.30. The van der Waals surface area contributed by atoms with Gasteiger partial charge in [0.05, 0.1) is 11.3 Å². The lowest BCUT2D eigenvalue weighted by atomic mass is 10.1. The number of Topliss-reactive ketones (excluding diaryl/α,β-unsaturated/α-hetero) is 1. The predicted molar refractivity (Wildman–Crippen MR) is 114 cm³/mol. The number of rotatable bonds is 5. The van der Waals surface area contributed by atoms with Gasteiger partial charge in [-0.2, -0.15) is 4.57 Å². The average molecular weight is 426 g/mol. The summed E-state index contributed by atoms with van der Waals surface area (Å²) in [5.41, 5.74) is 3.54. The number of hydrogen-bond donors (Lipinski definition) is 0. The maximum atomic E-state index is 12.5. The van der Waals surface area contributed by atoms with Gasteiger partial charge in [-0.15, -0.1) is 11.3 Å². The summed E-state index contributed by atoms with van der Waals surface area (Å²) in [4.78, 5) is 17.2. The van der Waals surface area contributed by atoms with Gasteiger partial charge in [0, 0.05) is 32.6 Å². The summed E-state index contributed by atoms with van der Waals surface area (Å²) in [5, 5.41) is 4.24. The molecule has 0 aliphatic rings. The Morgan fingerprint density at radius 3 is 2.32 bits per heavy atom. The molecular weight excluding hydrogens is 411 g/mol. The van der Waals surface area contributed by atoms with Crippen molar-refractivity contribution in [3.8, 4) is 21.8 Å². The highest BCUT2D eigenvalue weighted by Crippen LogP contribution is 2.28. The van der Waals surface area contributed by atoms with Gasteiger partial charge in [0.1, 0.15) is 5.01 Å². The third-order valence-corrected chi connectivity index (χ3v) is 5.64. The van der Waals surface area contributed by atoms with Gasteiger partial charge in [-0.3, -0.25) is 4.79 Å². The van der Waals surface area contributed by atoms with Crippen LogP contribution in [0, 0.1) is 0 Å². The van der Waals surface area contributed by atoms with Crippen molar-refractivity contribution < 1.29 is 9.36 Å². The Labute approximate surface area is 176 Å². The first-order chi connectivity index (χ1) is 13.6. The minimum atomic E-state index is 0.0276. The zero-order chi connectivity index (χ0) is 19.5. The topological polar surface area (TPSA) is 33.8 Å². The summed E-state index contributed by atoms with van der Waals surface area (Å²) in [5.74, 6) is 0.0276. The Kier molecular flexibility index (Phi) is 5.53. The highest BCUT2D eigenvalue weighted by Gasteiger charge is 2.15. The highest BCUT2D eigenvalue weighted by atomic mass is 35.5. The summed E-state index contributed by atoms with van der Waals surface area (Å²) in [6.07, 6.45) is 3.82. The molecule has 2 aromatic carbocycles. The molecule has 0 saturated heterocycles. The quantitative estimate of drug-likeness (QED) is 0.292. The molecule has 0 radical (unpaired) electrons. The van der Waals surface area contributed by atoms with Gasteiger partial charge in [0.15, 0.2) is 12.4 Å². The smallest absolute Gasteiger partial charge is 0.227 e. The second-order valence-corrected chi connectivity index (χ2v) is 7.97. The van der Waals surface area contributed by atoms with Gasteiger partial charge in [0.25, 0.3) is 0 Å². The fourth-order valence-electron chi connectivity index (χ4n) is 2.80. The van der Waals surface area contributed by atoms with E-state index >= 15 is 0 Å². The molecule has 0 bridgehead atoms. The lowest BCUT2D eigenvalue weighted by molar-refractivity contribution is -0.682. The number of pyridine rings is 1. The van der Waals surface area contributed by atoms with Crippen molar-refractivity contribution >= 4 is 40.3 Å². The minimum Gasteiger partial charge on any atom is -0.287 e. The summed E-state index contributed by atoms with van der Waals surface area (Å²) in [6, 6.07) is 18.5. The zero-order valence-corrected chi connectivity index (χ0v) is 17.0. The van der Waals surface area contributed by atoms with Crippen LogP contribution in [0.15, 0.2) is 78.4 Å². The first kappa shape index (κ1) is 18.8. The van der Waals surface area contributed by atoms with Crippen LogP contribution in [-0.2, 0) is 6.54 Å². The van der Waals surface area contributed by atoms with Crippen LogP contribution < -0.4 is 4.57 Å². The van der Waals surface area contributed by atoms with E-state index in [4.69, 9.17) is 28.2 Å². The Balaban J connectivity index is 1.55. The number of nitrogens with zero attached hydrogens (tertiary/aromatic N) is 2. The van der Waals surface area contributed by atoms with Crippen LogP contribution in [0.25, 0.3) is 21.8 Å². The van der Waals surface area contributed by atoms with E-state index in [9.17, 15) is 4.79 Å². The Morgan fingerprint density at radius 1 is 0.929 bits per heavy atom. The van der Waals surface area contributed by atoms with Gasteiger partial charge in [-0.25, -0.2) is 4.98 Å². The maximum Gasteiger partial charge on any atom is 0.227 e. The summed E-state index contributed by atoms with van der Waals surface area (Å²) >= 11 is 13.4. The molecule has 0 N–H and O–H groups in total. The Morgan fingerprint density at radius 2 is 1.61 bits per heavy atom. The van der Waals surface area contributed by atoms with Crippen molar-refractivity contribution in [1.29, 1.82) is 0 Å². The van der Waals surface area contributed by atoms with Crippen molar-refractivity contribution in [2.24, 2.45) is 0 Å². The lowest BCUT2D eigenvalue weighted by Crippen LogP contribution is -2.37. The fraction of sp³-hybridized carbons (Fsp3) is 0.0455. The largest absolute Gasteiger partial charge is 0.287 e. The number of halogens is 2. The first-order valence-electron chi connectivity index (χ1n) is 8.58. The van der Waals surface area contributed by atoms with E-state index in [1.165, 1.54) is 0 Å². The third-order valence-electron chi connectivity index (χ3n) is 4.24. The second-order valence-electron chi connectivity index (χ2n) is 6.24. The monoisotopic (exact) mass is 425 g/mol. The van der Waals surface area contributed by atoms with Crippen molar-refractivity contribution in [1.82, 2.24) is 4.98 Å². The number of ketones is 1. The molecular formula is C22H15Cl2N2OS+. The first-order valence-corrected chi connectivity index (χ1v) is 10.2. The zero-order valence-electron chi connectivity index (χ0n) is 14.7. The Bertz CT molecular complexity index is 1120. The molecule has 2 aromatic heterocycles. The number of thiazole rings is 1. The molecule has 0 aliphatic heterocycles. The lowest BCUT2D eigenvalue weighted by Gasteiger charge is -2.00. The van der Waals surface area contributed by atoms with Gasteiger partial charge in [-0.05, 0) is 42.5 Å². The van der Waals surface area contributed by atoms with Crippen molar-refractivity contribution in [3.63, 3.8) is 0 Å². The van der Waals surface area contributed by atoms with Crippen LogP contribution in [0.4, 0.5) is 0 Å². The number of carbonyl (C=O) groups excluding carboxylic acids is 1. The number of benzene rings is 2. The molecule has 0 aliphatic carbocycles. The van der Waals surface area contributed by atoms with E-state index in [0.29, 0.717) is 15.6 Å². The second kappa shape index (κ2) is 8.23. The molecule has 0 spiro atoms. The summed E-state index contributed by atoms with van der Waals surface area (Å²) in [6.45, 7) is 0.255. The molecule has 4 rings (SSSR count). The van der Waals surface area contributed by atoms with Crippen molar-refractivity contribution in [2.45, 2.75) is 6.54 Å². The van der Waals surface area contributed by atoms with Crippen LogP contribution in [-0.4, -0.2) is 10.8 Å². The maximum absolute atomic E-state index is 12.5. The number of aromatic nitrogens is 2. The molecule has 28 heavy (non-hydrogen) atoms. The van der Waals surface area contributed by atoms with Crippen LogP contribution >= 0.6 is 34.5 Å². The minimum absolute atomic E-state index is 0.0276. The normalized spacial score (nSPS) is 10.8. The Hall–Kier alpha value is -2.53. The van der Waals surface area contributed by atoms with Gasteiger partial charge < -0.3 is 0 Å². The predicted octanol–water partition coefficient (Wildman–Crippen LogP) is 5.95. The van der Waals surface area contributed by atoms with Gasteiger partial charge in [0.2, 0.25) is 12.3 Å².